The number of primary amides is 1. The van der Waals surface area contributed by atoms with Crippen LogP contribution in [-0.4, -0.2) is 84.3 Å². The number of nitrogens with one attached hydrogen (secondary N) is 1. The molecule has 0 radical (unpaired) electrons. The van der Waals surface area contributed by atoms with Crippen LogP contribution in [0.25, 0.3) is 32.9 Å². The second kappa shape index (κ2) is 9.21. The zero-order valence-electron chi connectivity index (χ0n) is 19.7. The highest BCUT2D eigenvalue weighted by Crippen LogP contribution is 2.33. The number of aromatic amines is 1. The van der Waals surface area contributed by atoms with Crippen LogP contribution in [0.4, 0.5) is 5.95 Å². The molecule has 0 saturated carbocycles. The summed E-state index contributed by atoms with van der Waals surface area (Å²) in [5.41, 5.74) is 9.71. The maximum Gasteiger partial charge on any atom is 0.254 e. The van der Waals surface area contributed by atoms with E-state index in [0.29, 0.717) is 62.1 Å². The molecule has 184 valence electrons. The Bertz CT molecular complexity index is 1450. The first kappa shape index (κ1) is 22.4. The Kier molecular flexibility index (Phi) is 5.74. The van der Waals surface area contributed by atoms with Gasteiger partial charge in [-0.05, 0) is 29.8 Å². The number of aromatic nitrogens is 3. The SMILES string of the molecule is NC(=O)c1cc(-c2cnc(N3CCOCC3)nc2)cc2c1[nH]c1cc(C(=O)N3CCOCC3)ccc12. The molecule has 0 aliphatic carbocycles. The first-order chi connectivity index (χ1) is 17.6. The van der Waals surface area contributed by atoms with Gasteiger partial charge in [-0.25, -0.2) is 9.97 Å². The zero-order valence-corrected chi connectivity index (χ0v) is 19.7. The number of hydrogen-bond acceptors (Lipinski definition) is 7. The maximum absolute atomic E-state index is 13.0. The summed E-state index contributed by atoms with van der Waals surface area (Å²) in [5.74, 6) is 0.0823. The number of benzene rings is 2. The van der Waals surface area contributed by atoms with Crippen LogP contribution < -0.4 is 10.6 Å². The Morgan fingerprint density at radius 2 is 1.56 bits per heavy atom. The van der Waals surface area contributed by atoms with Gasteiger partial charge in [-0.15, -0.1) is 0 Å². The molecule has 0 spiro atoms. The summed E-state index contributed by atoms with van der Waals surface area (Å²) in [6.07, 6.45) is 3.52. The average molecular weight is 487 g/mol. The molecular weight excluding hydrogens is 460 g/mol. The molecule has 0 unspecified atom stereocenters. The van der Waals surface area contributed by atoms with Gasteiger partial charge in [-0.2, -0.15) is 0 Å². The van der Waals surface area contributed by atoms with Crippen molar-refractivity contribution in [3.8, 4) is 11.1 Å². The molecule has 2 saturated heterocycles. The van der Waals surface area contributed by atoms with Gasteiger partial charge in [0.15, 0.2) is 0 Å². The third-order valence-corrected chi connectivity index (χ3v) is 6.78. The molecule has 2 aromatic heterocycles. The van der Waals surface area contributed by atoms with E-state index in [1.54, 1.807) is 23.4 Å². The molecule has 2 aliphatic rings. The first-order valence-electron chi connectivity index (χ1n) is 12.0. The predicted octanol–water partition coefficient (Wildman–Crippen LogP) is 2.19. The van der Waals surface area contributed by atoms with Crippen molar-refractivity contribution in [2.45, 2.75) is 0 Å². The summed E-state index contributed by atoms with van der Waals surface area (Å²) in [6, 6.07) is 9.32. The van der Waals surface area contributed by atoms with E-state index in [9.17, 15) is 9.59 Å². The summed E-state index contributed by atoms with van der Waals surface area (Å²) >= 11 is 0. The quantitative estimate of drug-likeness (QED) is 0.453. The fourth-order valence-electron chi connectivity index (χ4n) is 4.85. The minimum Gasteiger partial charge on any atom is -0.378 e. The Labute approximate surface area is 207 Å². The molecule has 0 atom stereocenters. The Morgan fingerprint density at radius 1 is 0.861 bits per heavy atom. The lowest BCUT2D eigenvalue weighted by Crippen LogP contribution is -2.40. The highest BCUT2D eigenvalue weighted by molar-refractivity contribution is 6.17. The van der Waals surface area contributed by atoms with Gasteiger partial charge in [0, 0.05) is 66.0 Å². The molecule has 4 heterocycles. The number of carbonyl (C=O) groups excluding carboxylic acids is 2. The molecule has 2 fully saturated rings. The normalized spacial score (nSPS) is 16.6. The lowest BCUT2D eigenvalue weighted by molar-refractivity contribution is 0.0303. The minimum atomic E-state index is -0.538. The largest absolute Gasteiger partial charge is 0.378 e. The lowest BCUT2D eigenvalue weighted by Gasteiger charge is -2.26. The number of ether oxygens (including phenoxy) is 2. The van der Waals surface area contributed by atoms with E-state index in [0.717, 1.165) is 40.5 Å². The molecule has 2 aliphatic heterocycles. The number of carbonyl (C=O) groups is 2. The van der Waals surface area contributed by atoms with Gasteiger partial charge in [-0.3, -0.25) is 9.59 Å². The van der Waals surface area contributed by atoms with Crippen LogP contribution in [0.3, 0.4) is 0 Å². The van der Waals surface area contributed by atoms with Gasteiger partial charge < -0.3 is 30.0 Å². The van der Waals surface area contributed by atoms with Crippen molar-refractivity contribution >= 4 is 39.6 Å². The van der Waals surface area contributed by atoms with Crippen LogP contribution >= 0.6 is 0 Å². The van der Waals surface area contributed by atoms with E-state index in [-0.39, 0.29) is 5.91 Å². The number of H-pyrrole nitrogens is 1. The van der Waals surface area contributed by atoms with Crippen LogP contribution in [0.1, 0.15) is 20.7 Å². The second-order valence-electron chi connectivity index (χ2n) is 8.97. The minimum absolute atomic E-state index is 0.0350. The van der Waals surface area contributed by atoms with Crippen LogP contribution in [0.5, 0.6) is 0 Å². The van der Waals surface area contributed by atoms with Gasteiger partial charge in [0.1, 0.15) is 0 Å². The Balaban J connectivity index is 1.39. The number of morpholine rings is 2. The van der Waals surface area contributed by atoms with Crippen molar-refractivity contribution in [3.05, 3.63) is 53.9 Å². The van der Waals surface area contributed by atoms with Gasteiger partial charge in [0.05, 0.1) is 37.5 Å². The summed E-state index contributed by atoms with van der Waals surface area (Å²) < 4.78 is 10.8. The number of amides is 2. The van der Waals surface area contributed by atoms with E-state index >= 15 is 0 Å². The van der Waals surface area contributed by atoms with E-state index < -0.39 is 5.91 Å². The van der Waals surface area contributed by atoms with E-state index in [4.69, 9.17) is 15.2 Å². The maximum atomic E-state index is 13.0. The van der Waals surface area contributed by atoms with Gasteiger partial charge in [-0.1, -0.05) is 6.07 Å². The number of fused-ring (bicyclic) bond motifs is 3. The third-order valence-electron chi connectivity index (χ3n) is 6.78. The molecule has 6 rings (SSSR count). The third kappa shape index (κ3) is 4.04. The standard InChI is InChI=1S/C26H26N6O4/c27-24(33)21-12-17(18-14-28-26(29-15-18)32-5-9-36-10-6-32)11-20-19-2-1-16(13-22(19)30-23(20)21)25(34)31-3-7-35-8-4-31/h1-2,11-15,30H,3-10H2,(H2,27,33). The molecule has 4 aromatic rings. The van der Waals surface area contributed by atoms with E-state index in [2.05, 4.69) is 19.9 Å². The average Bonchev–Trinajstić information content (AvgIpc) is 3.31. The first-order valence-corrected chi connectivity index (χ1v) is 12.0. The highest BCUT2D eigenvalue weighted by atomic mass is 16.5. The molecule has 2 amide bonds. The zero-order chi connectivity index (χ0) is 24.6. The monoisotopic (exact) mass is 486 g/mol. The van der Waals surface area contributed by atoms with Crippen molar-refractivity contribution in [2.75, 3.05) is 57.5 Å². The number of anilines is 1. The summed E-state index contributed by atoms with van der Waals surface area (Å²) in [5, 5.41) is 1.75. The number of rotatable bonds is 4. The number of hydrogen-bond donors (Lipinski definition) is 2. The summed E-state index contributed by atoms with van der Waals surface area (Å²) in [7, 11) is 0. The summed E-state index contributed by atoms with van der Waals surface area (Å²) in [4.78, 5) is 41.6. The lowest BCUT2D eigenvalue weighted by atomic mass is 10.00. The van der Waals surface area contributed by atoms with E-state index in [1.165, 1.54) is 0 Å². The Hall–Kier alpha value is -4.02. The number of nitrogens with two attached hydrogens (primary N) is 1. The van der Waals surface area contributed by atoms with Crippen molar-refractivity contribution in [3.63, 3.8) is 0 Å². The molecular formula is C26H26N6O4. The Morgan fingerprint density at radius 3 is 2.25 bits per heavy atom. The van der Waals surface area contributed by atoms with Gasteiger partial charge >= 0.3 is 0 Å². The second-order valence-corrected chi connectivity index (χ2v) is 8.97. The van der Waals surface area contributed by atoms with Crippen molar-refractivity contribution in [1.29, 1.82) is 0 Å². The number of nitrogens with zero attached hydrogens (tertiary/aromatic N) is 4. The summed E-state index contributed by atoms with van der Waals surface area (Å²) in [6.45, 7) is 5.06. The fourth-order valence-corrected chi connectivity index (χ4v) is 4.85. The van der Waals surface area contributed by atoms with Crippen LogP contribution in [0, 0.1) is 0 Å². The molecule has 10 heteroatoms. The fraction of sp³-hybridized carbons (Fsp3) is 0.308. The topological polar surface area (TPSA) is 127 Å². The van der Waals surface area contributed by atoms with Crippen LogP contribution in [-0.2, 0) is 9.47 Å². The van der Waals surface area contributed by atoms with Gasteiger partial charge in [0.2, 0.25) is 5.95 Å². The van der Waals surface area contributed by atoms with Gasteiger partial charge in [0.25, 0.3) is 11.8 Å². The van der Waals surface area contributed by atoms with Crippen molar-refractivity contribution < 1.29 is 19.1 Å². The molecule has 36 heavy (non-hydrogen) atoms. The van der Waals surface area contributed by atoms with Crippen LogP contribution in [0.2, 0.25) is 0 Å². The predicted molar refractivity (Wildman–Crippen MR) is 135 cm³/mol. The van der Waals surface area contributed by atoms with Crippen molar-refractivity contribution in [2.24, 2.45) is 5.73 Å². The molecule has 2 aromatic carbocycles. The smallest absolute Gasteiger partial charge is 0.254 e. The van der Waals surface area contributed by atoms with E-state index in [1.807, 2.05) is 24.3 Å². The van der Waals surface area contributed by atoms with Crippen LogP contribution in [0.15, 0.2) is 42.7 Å². The highest BCUT2D eigenvalue weighted by Gasteiger charge is 2.21. The molecule has 3 N–H and O–H groups in total. The van der Waals surface area contributed by atoms with Crippen molar-refractivity contribution in [1.82, 2.24) is 19.9 Å². The molecule has 0 bridgehead atoms. The molecule has 10 nitrogen and oxygen atoms in total.